The molecule has 0 unspecified atom stereocenters. The van der Waals surface area contributed by atoms with E-state index in [1.54, 1.807) is 23.7 Å². The number of carbonyl (C=O) groups is 1. The first-order valence-electron chi connectivity index (χ1n) is 7.98. The minimum atomic E-state index is -0.804. The van der Waals surface area contributed by atoms with E-state index in [1.807, 2.05) is 13.8 Å². The van der Waals surface area contributed by atoms with Crippen LogP contribution in [0.4, 0.5) is 0 Å². The van der Waals surface area contributed by atoms with Gasteiger partial charge in [0.1, 0.15) is 11.9 Å². The SMILES string of the molecule is Cc1ccc(-c2nccc(=O)[nH]2)cc1C(=O)NC[C@@H](O)c1scnc1C. The zero-order valence-electron chi connectivity index (χ0n) is 14.3. The van der Waals surface area contributed by atoms with E-state index in [0.29, 0.717) is 17.0 Å². The number of amides is 1. The number of thiazole rings is 1. The van der Waals surface area contributed by atoms with Crippen molar-refractivity contribution in [3.8, 4) is 11.4 Å². The Bertz CT molecular complexity index is 996. The highest BCUT2D eigenvalue weighted by atomic mass is 32.1. The second-order valence-electron chi connectivity index (χ2n) is 5.84. The summed E-state index contributed by atoms with van der Waals surface area (Å²) in [6.45, 7) is 3.73. The van der Waals surface area contributed by atoms with Crippen molar-refractivity contribution >= 4 is 17.2 Å². The van der Waals surface area contributed by atoms with E-state index >= 15 is 0 Å². The fraction of sp³-hybridized carbons (Fsp3) is 0.222. The molecule has 3 rings (SSSR count). The molecule has 1 aromatic carbocycles. The van der Waals surface area contributed by atoms with Crippen molar-refractivity contribution in [2.45, 2.75) is 20.0 Å². The van der Waals surface area contributed by atoms with Crippen molar-refractivity contribution in [3.63, 3.8) is 0 Å². The normalized spacial score (nSPS) is 12.0. The summed E-state index contributed by atoms with van der Waals surface area (Å²) in [5, 5.41) is 13.0. The fourth-order valence-electron chi connectivity index (χ4n) is 2.54. The van der Waals surface area contributed by atoms with Crippen LogP contribution in [0.1, 0.15) is 32.6 Å². The molecule has 1 atom stereocenters. The third-order valence-corrected chi connectivity index (χ3v) is 5.00. The fourth-order valence-corrected chi connectivity index (χ4v) is 3.33. The van der Waals surface area contributed by atoms with Gasteiger partial charge in [-0.1, -0.05) is 12.1 Å². The summed E-state index contributed by atoms with van der Waals surface area (Å²) in [6.07, 6.45) is 0.615. The van der Waals surface area contributed by atoms with Crippen molar-refractivity contribution in [2.24, 2.45) is 0 Å². The summed E-state index contributed by atoms with van der Waals surface area (Å²) in [5.74, 6) is 0.0933. The van der Waals surface area contributed by atoms with Crippen LogP contribution in [0.3, 0.4) is 0 Å². The predicted molar refractivity (Wildman–Crippen MR) is 99.2 cm³/mol. The van der Waals surface area contributed by atoms with Crippen molar-refractivity contribution in [3.05, 3.63) is 68.0 Å². The molecule has 0 aliphatic heterocycles. The number of hydrogen-bond donors (Lipinski definition) is 3. The molecule has 1 amide bonds. The first-order valence-corrected chi connectivity index (χ1v) is 8.86. The molecule has 0 aliphatic carbocycles. The van der Waals surface area contributed by atoms with E-state index in [4.69, 9.17) is 0 Å². The number of rotatable bonds is 5. The smallest absolute Gasteiger partial charge is 0.251 e. The molecular formula is C18H18N4O3S. The van der Waals surface area contributed by atoms with Gasteiger partial charge in [0.05, 0.1) is 16.1 Å². The molecule has 0 radical (unpaired) electrons. The number of aromatic nitrogens is 3. The summed E-state index contributed by atoms with van der Waals surface area (Å²) < 4.78 is 0. The van der Waals surface area contributed by atoms with Gasteiger partial charge in [0.25, 0.3) is 11.5 Å². The lowest BCUT2D eigenvalue weighted by molar-refractivity contribution is 0.0917. The molecule has 0 spiro atoms. The first-order chi connectivity index (χ1) is 12.5. The van der Waals surface area contributed by atoms with E-state index in [-0.39, 0.29) is 18.0 Å². The minimum absolute atomic E-state index is 0.0892. The molecule has 0 bridgehead atoms. The van der Waals surface area contributed by atoms with Gasteiger partial charge >= 0.3 is 0 Å². The number of hydrogen-bond acceptors (Lipinski definition) is 6. The Hall–Kier alpha value is -2.84. The molecule has 7 nitrogen and oxygen atoms in total. The molecule has 26 heavy (non-hydrogen) atoms. The van der Waals surface area contributed by atoms with Gasteiger partial charge in [0.2, 0.25) is 0 Å². The van der Waals surface area contributed by atoms with Crippen LogP contribution in [0.2, 0.25) is 0 Å². The highest BCUT2D eigenvalue weighted by Crippen LogP contribution is 2.22. The number of benzene rings is 1. The average Bonchev–Trinajstić information content (AvgIpc) is 3.06. The first kappa shape index (κ1) is 18.0. The van der Waals surface area contributed by atoms with E-state index < -0.39 is 6.10 Å². The topological polar surface area (TPSA) is 108 Å². The Morgan fingerprint density at radius 3 is 2.81 bits per heavy atom. The lowest BCUT2D eigenvalue weighted by Gasteiger charge is -2.13. The molecule has 3 N–H and O–H groups in total. The maximum Gasteiger partial charge on any atom is 0.251 e. The molecule has 0 saturated carbocycles. The van der Waals surface area contributed by atoms with Gasteiger partial charge in [-0.2, -0.15) is 0 Å². The number of nitrogens with zero attached hydrogens (tertiary/aromatic N) is 2. The van der Waals surface area contributed by atoms with Gasteiger partial charge in [-0.3, -0.25) is 9.59 Å². The number of carbonyl (C=O) groups excluding carboxylic acids is 1. The Balaban J connectivity index is 1.78. The standard InChI is InChI=1S/C18H18N4O3S/c1-10-3-4-12(17-19-6-5-15(24)22-17)7-13(10)18(25)20-8-14(23)16-11(2)21-9-26-16/h3-7,9,14,23H,8H2,1-2H3,(H,20,25)(H,19,22,24)/t14-/m1/s1. The number of aliphatic hydroxyl groups excluding tert-OH is 1. The van der Waals surface area contributed by atoms with Gasteiger partial charge in [-0.05, 0) is 25.5 Å². The molecule has 2 aromatic heterocycles. The second-order valence-corrected chi connectivity index (χ2v) is 6.73. The monoisotopic (exact) mass is 370 g/mol. The van der Waals surface area contributed by atoms with Gasteiger partial charge in [0, 0.05) is 29.9 Å². The largest absolute Gasteiger partial charge is 0.386 e. The number of aryl methyl sites for hydroxylation is 2. The highest BCUT2D eigenvalue weighted by Gasteiger charge is 2.16. The Morgan fingerprint density at radius 1 is 1.31 bits per heavy atom. The van der Waals surface area contributed by atoms with Crippen LogP contribution in [0, 0.1) is 13.8 Å². The van der Waals surface area contributed by atoms with Crippen molar-refractivity contribution < 1.29 is 9.90 Å². The van der Waals surface area contributed by atoms with Gasteiger partial charge in [-0.25, -0.2) is 9.97 Å². The Morgan fingerprint density at radius 2 is 2.12 bits per heavy atom. The Labute approximate surface area is 153 Å². The van der Waals surface area contributed by atoms with E-state index in [9.17, 15) is 14.7 Å². The van der Waals surface area contributed by atoms with Crippen LogP contribution in [-0.2, 0) is 0 Å². The van der Waals surface area contributed by atoms with Gasteiger partial charge in [0.15, 0.2) is 0 Å². The number of aliphatic hydroxyl groups is 1. The van der Waals surface area contributed by atoms with Crippen LogP contribution in [0.25, 0.3) is 11.4 Å². The summed E-state index contributed by atoms with van der Waals surface area (Å²) >= 11 is 1.35. The van der Waals surface area contributed by atoms with Crippen LogP contribution in [-0.4, -0.2) is 32.5 Å². The zero-order valence-corrected chi connectivity index (χ0v) is 15.1. The lowest BCUT2D eigenvalue weighted by Crippen LogP contribution is -2.29. The Kier molecular flexibility index (Phi) is 5.24. The summed E-state index contributed by atoms with van der Waals surface area (Å²) in [5.41, 5.74) is 4.04. The number of nitrogens with one attached hydrogen (secondary N) is 2. The third-order valence-electron chi connectivity index (χ3n) is 3.97. The van der Waals surface area contributed by atoms with Crippen molar-refractivity contribution in [1.82, 2.24) is 20.3 Å². The number of aromatic amines is 1. The maximum absolute atomic E-state index is 12.5. The van der Waals surface area contributed by atoms with Gasteiger partial charge in [-0.15, -0.1) is 11.3 Å². The van der Waals surface area contributed by atoms with Crippen molar-refractivity contribution in [2.75, 3.05) is 6.54 Å². The molecule has 134 valence electrons. The highest BCUT2D eigenvalue weighted by molar-refractivity contribution is 7.09. The molecule has 3 aromatic rings. The number of H-pyrrole nitrogens is 1. The molecule has 2 heterocycles. The van der Waals surface area contributed by atoms with Crippen LogP contribution in [0.5, 0.6) is 0 Å². The molecular weight excluding hydrogens is 352 g/mol. The van der Waals surface area contributed by atoms with E-state index in [0.717, 1.165) is 16.1 Å². The molecule has 8 heteroatoms. The second kappa shape index (κ2) is 7.59. The minimum Gasteiger partial charge on any atom is -0.386 e. The van der Waals surface area contributed by atoms with Gasteiger partial charge < -0.3 is 15.4 Å². The van der Waals surface area contributed by atoms with Crippen LogP contribution in [0.15, 0.2) is 40.8 Å². The zero-order chi connectivity index (χ0) is 18.7. The van der Waals surface area contributed by atoms with Crippen LogP contribution < -0.4 is 10.9 Å². The third kappa shape index (κ3) is 3.87. The van der Waals surface area contributed by atoms with E-state index in [2.05, 4.69) is 20.3 Å². The predicted octanol–water partition coefficient (Wildman–Crippen LogP) is 1.97. The summed E-state index contributed by atoms with van der Waals surface area (Å²) in [6, 6.07) is 6.59. The maximum atomic E-state index is 12.5. The average molecular weight is 370 g/mol. The molecule has 0 saturated heterocycles. The quantitative estimate of drug-likeness (QED) is 0.636. The molecule has 0 fully saturated rings. The van der Waals surface area contributed by atoms with Crippen LogP contribution >= 0.6 is 11.3 Å². The lowest BCUT2D eigenvalue weighted by atomic mass is 10.0. The summed E-state index contributed by atoms with van der Waals surface area (Å²) in [7, 11) is 0. The van der Waals surface area contributed by atoms with E-state index in [1.165, 1.54) is 23.6 Å². The van der Waals surface area contributed by atoms with Crippen molar-refractivity contribution in [1.29, 1.82) is 0 Å². The summed E-state index contributed by atoms with van der Waals surface area (Å²) in [4.78, 5) is 35.6. The molecule has 0 aliphatic rings.